The van der Waals surface area contributed by atoms with Gasteiger partial charge in [-0.05, 0) is 24.2 Å². The second-order valence-electron chi connectivity index (χ2n) is 4.55. The van der Waals surface area contributed by atoms with Crippen molar-refractivity contribution in [2.45, 2.75) is 19.6 Å². The molecular weight excluding hydrogens is 228 g/mol. The van der Waals surface area contributed by atoms with Crippen molar-refractivity contribution in [3.8, 4) is 5.75 Å². The zero-order valence-corrected chi connectivity index (χ0v) is 11.0. The Balaban J connectivity index is 1.83. The molecule has 1 aliphatic rings. The highest BCUT2D eigenvalue weighted by molar-refractivity contribution is 5.28. The highest BCUT2D eigenvalue weighted by Crippen LogP contribution is 2.14. The topological polar surface area (TPSA) is 47.7 Å². The number of hydrogen-bond donors (Lipinski definition) is 1. The number of morpholine rings is 1. The summed E-state index contributed by atoms with van der Waals surface area (Å²) in [4.78, 5) is 2.38. The summed E-state index contributed by atoms with van der Waals surface area (Å²) in [6.45, 7) is 7.16. The average molecular weight is 250 g/mol. The Morgan fingerprint density at radius 3 is 3.17 bits per heavy atom. The molecule has 1 saturated heterocycles. The number of nitrogens with two attached hydrogens (primary N) is 1. The van der Waals surface area contributed by atoms with Crippen LogP contribution in [0.2, 0.25) is 0 Å². The molecule has 1 aliphatic heterocycles. The number of rotatable bonds is 5. The molecule has 1 aromatic carbocycles. The van der Waals surface area contributed by atoms with Gasteiger partial charge in [0.1, 0.15) is 18.5 Å². The van der Waals surface area contributed by atoms with Crippen molar-refractivity contribution in [2.24, 2.45) is 5.73 Å². The first-order valence-corrected chi connectivity index (χ1v) is 6.57. The summed E-state index contributed by atoms with van der Waals surface area (Å²) in [7, 11) is 0. The van der Waals surface area contributed by atoms with Crippen molar-refractivity contribution in [3.63, 3.8) is 0 Å². The molecule has 2 rings (SSSR count). The molecule has 1 aromatic rings. The van der Waals surface area contributed by atoms with Crippen LogP contribution in [0.4, 0.5) is 0 Å². The van der Waals surface area contributed by atoms with Crippen LogP contribution in [-0.4, -0.2) is 43.9 Å². The fraction of sp³-hybridized carbons (Fsp3) is 0.571. The fourth-order valence-electron chi connectivity index (χ4n) is 2.12. The molecule has 1 fully saturated rings. The van der Waals surface area contributed by atoms with Crippen LogP contribution in [0.3, 0.4) is 0 Å². The van der Waals surface area contributed by atoms with E-state index in [1.165, 1.54) is 0 Å². The minimum atomic E-state index is 0.167. The van der Waals surface area contributed by atoms with Gasteiger partial charge in [-0.1, -0.05) is 19.1 Å². The average Bonchev–Trinajstić information content (AvgIpc) is 2.45. The quantitative estimate of drug-likeness (QED) is 0.854. The number of ether oxygens (including phenoxy) is 2. The Labute approximate surface area is 109 Å². The molecular formula is C14H22N2O2. The largest absolute Gasteiger partial charge is 0.491 e. The lowest BCUT2D eigenvalue weighted by atomic mass is 10.2. The molecule has 100 valence electrons. The van der Waals surface area contributed by atoms with Gasteiger partial charge in [-0.3, -0.25) is 4.90 Å². The van der Waals surface area contributed by atoms with E-state index in [0.29, 0.717) is 13.2 Å². The number of nitrogens with zero attached hydrogens (tertiary/aromatic N) is 1. The predicted octanol–water partition coefficient (Wildman–Crippen LogP) is 1.24. The van der Waals surface area contributed by atoms with Gasteiger partial charge < -0.3 is 15.2 Å². The molecule has 4 nitrogen and oxygen atoms in total. The minimum absolute atomic E-state index is 0.167. The maximum absolute atomic E-state index is 5.77. The highest BCUT2D eigenvalue weighted by atomic mass is 16.5. The lowest BCUT2D eigenvalue weighted by Gasteiger charge is -2.31. The second-order valence-corrected chi connectivity index (χ2v) is 4.55. The van der Waals surface area contributed by atoms with E-state index in [4.69, 9.17) is 15.2 Å². The van der Waals surface area contributed by atoms with E-state index >= 15 is 0 Å². The molecule has 0 radical (unpaired) electrons. The van der Waals surface area contributed by atoms with Gasteiger partial charge in [0.2, 0.25) is 0 Å². The summed E-state index contributed by atoms with van der Waals surface area (Å²) >= 11 is 0. The third-order valence-electron chi connectivity index (χ3n) is 3.24. The molecule has 1 heterocycles. The summed E-state index contributed by atoms with van der Waals surface area (Å²) in [6, 6.07) is 7.92. The van der Waals surface area contributed by atoms with Gasteiger partial charge >= 0.3 is 0 Å². The normalized spacial score (nSPS) is 20.9. The molecule has 0 spiro atoms. The van der Waals surface area contributed by atoms with E-state index < -0.39 is 0 Å². The van der Waals surface area contributed by atoms with E-state index in [1.807, 2.05) is 24.3 Å². The van der Waals surface area contributed by atoms with Gasteiger partial charge in [-0.25, -0.2) is 0 Å². The van der Waals surface area contributed by atoms with Crippen LogP contribution in [0.5, 0.6) is 5.75 Å². The van der Waals surface area contributed by atoms with Crippen LogP contribution in [0.1, 0.15) is 12.5 Å². The maximum Gasteiger partial charge on any atom is 0.119 e. The van der Waals surface area contributed by atoms with Crippen molar-refractivity contribution in [2.75, 3.05) is 32.8 Å². The molecule has 0 amide bonds. The van der Waals surface area contributed by atoms with Crippen LogP contribution < -0.4 is 10.5 Å². The lowest BCUT2D eigenvalue weighted by Crippen LogP contribution is -2.44. The van der Waals surface area contributed by atoms with Crippen LogP contribution in [-0.2, 0) is 11.3 Å². The van der Waals surface area contributed by atoms with E-state index in [0.717, 1.165) is 37.6 Å². The molecule has 0 bridgehead atoms. The maximum atomic E-state index is 5.77. The lowest BCUT2D eigenvalue weighted by molar-refractivity contribution is -0.0464. The van der Waals surface area contributed by atoms with Gasteiger partial charge in [-0.2, -0.15) is 0 Å². The zero-order valence-electron chi connectivity index (χ0n) is 11.0. The van der Waals surface area contributed by atoms with Crippen molar-refractivity contribution in [1.82, 2.24) is 4.90 Å². The molecule has 18 heavy (non-hydrogen) atoms. The van der Waals surface area contributed by atoms with E-state index in [2.05, 4.69) is 11.8 Å². The first kappa shape index (κ1) is 13.3. The van der Waals surface area contributed by atoms with Gasteiger partial charge in [0, 0.05) is 19.6 Å². The van der Waals surface area contributed by atoms with Gasteiger partial charge in [0.15, 0.2) is 0 Å². The Bertz CT molecular complexity index is 371. The molecule has 0 saturated carbocycles. The number of hydrogen-bond acceptors (Lipinski definition) is 4. The first-order valence-electron chi connectivity index (χ1n) is 6.57. The third kappa shape index (κ3) is 3.70. The zero-order chi connectivity index (χ0) is 12.8. The SMILES string of the molecule is CCN1CCOC(COc2cccc(CN)c2)C1. The highest BCUT2D eigenvalue weighted by Gasteiger charge is 2.19. The summed E-state index contributed by atoms with van der Waals surface area (Å²) in [6.07, 6.45) is 0.167. The number of likely N-dealkylation sites (N-methyl/N-ethyl adjacent to an activating group) is 1. The number of benzene rings is 1. The van der Waals surface area contributed by atoms with Crippen LogP contribution in [0.25, 0.3) is 0 Å². The minimum Gasteiger partial charge on any atom is -0.491 e. The third-order valence-corrected chi connectivity index (χ3v) is 3.24. The Morgan fingerprint density at radius 1 is 1.50 bits per heavy atom. The second kappa shape index (κ2) is 6.73. The molecule has 4 heteroatoms. The van der Waals surface area contributed by atoms with Crippen LogP contribution >= 0.6 is 0 Å². The first-order chi connectivity index (χ1) is 8.81. The molecule has 0 aliphatic carbocycles. The standard InChI is InChI=1S/C14H22N2O2/c1-2-16-6-7-17-14(10-16)11-18-13-5-3-4-12(8-13)9-15/h3-5,8,14H,2,6-7,9-11,15H2,1H3. The Hall–Kier alpha value is -1.10. The molecule has 1 unspecified atom stereocenters. The van der Waals surface area contributed by atoms with Gasteiger partial charge in [0.05, 0.1) is 6.61 Å². The summed E-state index contributed by atoms with van der Waals surface area (Å²) in [5.41, 5.74) is 6.70. The van der Waals surface area contributed by atoms with E-state index in [1.54, 1.807) is 0 Å². The fourth-order valence-corrected chi connectivity index (χ4v) is 2.12. The van der Waals surface area contributed by atoms with Gasteiger partial charge in [0.25, 0.3) is 0 Å². The summed E-state index contributed by atoms with van der Waals surface area (Å²) in [5, 5.41) is 0. The smallest absolute Gasteiger partial charge is 0.119 e. The molecule has 2 N–H and O–H groups in total. The van der Waals surface area contributed by atoms with Crippen molar-refractivity contribution in [1.29, 1.82) is 0 Å². The Kier molecular flexibility index (Phi) is 4.99. The Morgan fingerprint density at radius 2 is 2.39 bits per heavy atom. The molecule has 1 atom stereocenters. The van der Waals surface area contributed by atoms with Crippen molar-refractivity contribution in [3.05, 3.63) is 29.8 Å². The van der Waals surface area contributed by atoms with Crippen molar-refractivity contribution < 1.29 is 9.47 Å². The van der Waals surface area contributed by atoms with E-state index in [9.17, 15) is 0 Å². The molecule has 0 aromatic heterocycles. The van der Waals surface area contributed by atoms with Crippen LogP contribution in [0, 0.1) is 0 Å². The van der Waals surface area contributed by atoms with Gasteiger partial charge in [-0.15, -0.1) is 0 Å². The van der Waals surface area contributed by atoms with Crippen LogP contribution in [0.15, 0.2) is 24.3 Å². The van der Waals surface area contributed by atoms with Crippen molar-refractivity contribution >= 4 is 0 Å². The summed E-state index contributed by atoms with van der Waals surface area (Å²) < 4.78 is 11.5. The monoisotopic (exact) mass is 250 g/mol. The predicted molar refractivity (Wildman–Crippen MR) is 71.7 cm³/mol. The summed E-state index contributed by atoms with van der Waals surface area (Å²) in [5.74, 6) is 0.871. The van der Waals surface area contributed by atoms with E-state index in [-0.39, 0.29) is 6.10 Å².